The Labute approximate surface area is 345 Å². The second-order valence-electron chi connectivity index (χ2n) is 16.2. The first kappa shape index (κ1) is 34.8. The Morgan fingerprint density at radius 1 is 0.305 bits per heavy atom. The van der Waals surface area contributed by atoms with Gasteiger partial charge in [0.2, 0.25) is 0 Å². The van der Waals surface area contributed by atoms with Crippen molar-refractivity contribution in [3.8, 4) is 22.3 Å². The van der Waals surface area contributed by atoms with Gasteiger partial charge in [-0.05, 0) is 116 Å². The van der Waals surface area contributed by atoms with E-state index in [4.69, 9.17) is 0 Å². The van der Waals surface area contributed by atoms with E-state index in [9.17, 15) is 0 Å². The minimum Gasteiger partial charge on any atom is -0.310 e. The topological polar surface area (TPSA) is 6.48 Å². The first-order valence-electron chi connectivity index (χ1n) is 20.5. The Morgan fingerprint density at radius 3 is 1.66 bits per heavy atom. The van der Waals surface area contributed by atoms with E-state index in [1.165, 1.54) is 65.7 Å². The van der Waals surface area contributed by atoms with Gasteiger partial charge in [0.05, 0.1) is 11.4 Å². The van der Waals surface area contributed by atoms with Crippen molar-refractivity contribution >= 4 is 66.4 Å². The summed E-state index contributed by atoms with van der Waals surface area (Å²) in [7, 11) is 0. The summed E-state index contributed by atoms with van der Waals surface area (Å²) in [5.41, 5.74) is 14.5. The van der Waals surface area contributed by atoms with Crippen molar-refractivity contribution in [1.29, 1.82) is 0 Å². The predicted octanol–water partition coefficient (Wildman–Crippen LogP) is 16.1. The lowest BCUT2D eigenvalue weighted by Gasteiger charge is -2.29. The molecule has 0 saturated heterocycles. The van der Waals surface area contributed by atoms with Crippen LogP contribution >= 0.6 is 0 Å². The van der Waals surface area contributed by atoms with E-state index >= 15 is 0 Å². The fraction of sp³-hybridized carbons (Fsp3) is 0.0526. The zero-order chi connectivity index (χ0) is 39.5. The molecule has 0 amide bonds. The van der Waals surface area contributed by atoms with Crippen molar-refractivity contribution < 1.29 is 0 Å². The number of nitrogens with zero attached hydrogens (tertiary/aromatic N) is 2. The average Bonchev–Trinajstić information content (AvgIpc) is 3.52. The Kier molecular flexibility index (Phi) is 8.20. The standard InChI is InChI=1S/C57H42N2/c1-57(2)53-25-13-12-23-50(53)51-34-33-46(38-54(51)57)58(43-19-4-3-5-20-43)56-36-35-47(49-22-10-11-24-52(49)56)41-28-30-44(31-29-41)59(45-32-27-39-15-6-7-17-42(39)37-45)55-26-14-18-40-16-8-9-21-48(40)55/h3-38H,1-2H3. The van der Waals surface area contributed by atoms with Crippen LogP contribution in [0.2, 0.25) is 0 Å². The lowest BCUT2D eigenvalue weighted by molar-refractivity contribution is 0.660. The Morgan fingerprint density at radius 2 is 0.847 bits per heavy atom. The number of anilines is 6. The maximum atomic E-state index is 2.43. The van der Waals surface area contributed by atoms with Gasteiger partial charge in [-0.1, -0.05) is 172 Å². The molecule has 0 bridgehead atoms. The molecular formula is C57H42N2. The number of rotatable bonds is 7. The van der Waals surface area contributed by atoms with Crippen molar-refractivity contribution in [2.24, 2.45) is 0 Å². The summed E-state index contributed by atoms with van der Waals surface area (Å²) in [6.45, 7) is 4.71. The van der Waals surface area contributed by atoms with Gasteiger partial charge < -0.3 is 9.80 Å². The van der Waals surface area contributed by atoms with Gasteiger partial charge in [-0.15, -0.1) is 0 Å². The molecule has 1 aliphatic rings. The molecule has 0 radical (unpaired) electrons. The second kappa shape index (κ2) is 13.9. The zero-order valence-electron chi connectivity index (χ0n) is 33.2. The minimum absolute atomic E-state index is 0.0974. The molecule has 0 aliphatic heterocycles. The lowest BCUT2D eigenvalue weighted by atomic mass is 9.82. The molecule has 0 fully saturated rings. The first-order valence-corrected chi connectivity index (χ1v) is 20.5. The van der Waals surface area contributed by atoms with Crippen LogP contribution in [0.4, 0.5) is 34.1 Å². The summed E-state index contributed by atoms with van der Waals surface area (Å²) in [4.78, 5) is 4.83. The van der Waals surface area contributed by atoms with Gasteiger partial charge in [-0.2, -0.15) is 0 Å². The lowest BCUT2D eigenvalue weighted by Crippen LogP contribution is -2.16. The van der Waals surface area contributed by atoms with E-state index in [1.807, 2.05) is 0 Å². The van der Waals surface area contributed by atoms with Crippen LogP contribution in [0.1, 0.15) is 25.0 Å². The summed E-state index contributed by atoms with van der Waals surface area (Å²) < 4.78 is 0. The van der Waals surface area contributed by atoms with Crippen LogP contribution in [-0.2, 0) is 5.41 Å². The van der Waals surface area contributed by atoms with Gasteiger partial charge in [0.15, 0.2) is 0 Å². The molecule has 280 valence electrons. The molecule has 0 saturated carbocycles. The Bertz CT molecular complexity index is 3190. The van der Waals surface area contributed by atoms with Crippen LogP contribution in [0.15, 0.2) is 218 Å². The molecule has 59 heavy (non-hydrogen) atoms. The second-order valence-corrected chi connectivity index (χ2v) is 16.2. The SMILES string of the molecule is CC1(C)c2ccccc2-c2ccc(N(c3ccccc3)c3ccc(-c4ccc(N(c5ccc6ccccc6c5)c5cccc6ccccc56)cc4)c4ccccc34)cc21. The summed E-state index contributed by atoms with van der Waals surface area (Å²) in [5.74, 6) is 0. The molecule has 0 N–H and O–H groups in total. The van der Waals surface area contributed by atoms with Gasteiger partial charge in [-0.3, -0.25) is 0 Å². The van der Waals surface area contributed by atoms with E-state index in [0.717, 1.165) is 34.1 Å². The summed E-state index contributed by atoms with van der Waals surface area (Å²) in [6, 6.07) is 79.9. The molecule has 10 aromatic rings. The normalized spacial score (nSPS) is 12.7. The highest BCUT2D eigenvalue weighted by molar-refractivity contribution is 6.07. The van der Waals surface area contributed by atoms with E-state index in [1.54, 1.807) is 0 Å². The molecule has 0 aromatic heterocycles. The van der Waals surface area contributed by atoms with E-state index in [2.05, 4.69) is 242 Å². The third-order valence-electron chi connectivity index (χ3n) is 12.4. The quantitative estimate of drug-likeness (QED) is 0.160. The molecule has 2 nitrogen and oxygen atoms in total. The highest BCUT2D eigenvalue weighted by Crippen LogP contribution is 2.51. The van der Waals surface area contributed by atoms with Gasteiger partial charge in [-0.25, -0.2) is 0 Å². The Balaban J connectivity index is 1.03. The van der Waals surface area contributed by atoms with Crippen molar-refractivity contribution in [3.05, 3.63) is 230 Å². The molecule has 0 spiro atoms. The number of benzene rings is 10. The van der Waals surface area contributed by atoms with Crippen molar-refractivity contribution in [2.75, 3.05) is 9.80 Å². The molecule has 10 aromatic carbocycles. The summed E-state index contributed by atoms with van der Waals surface area (Å²) in [5, 5.41) is 7.31. The minimum atomic E-state index is -0.0974. The van der Waals surface area contributed by atoms with Crippen LogP contribution in [0.25, 0.3) is 54.6 Å². The fourth-order valence-corrected chi connectivity index (χ4v) is 9.50. The first-order chi connectivity index (χ1) is 29.0. The maximum absolute atomic E-state index is 2.43. The van der Waals surface area contributed by atoms with Crippen LogP contribution in [0, 0.1) is 0 Å². The average molecular weight is 755 g/mol. The largest absolute Gasteiger partial charge is 0.310 e. The van der Waals surface area contributed by atoms with Crippen LogP contribution < -0.4 is 9.80 Å². The molecule has 11 rings (SSSR count). The van der Waals surface area contributed by atoms with Gasteiger partial charge in [0, 0.05) is 38.9 Å². The molecule has 0 atom stereocenters. The van der Waals surface area contributed by atoms with E-state index in [0.29, 0.717) is 0 Å². The zero-order valence-corrected chi connectivity index (χ0v) is 33.2. The highest BCUT2D eigenvalue weighted by Gasteiger charge is 2.36. The van der Waals surface area contributed by atoms with Gasteiger partial charge >= 0.3 is 0 Å². The number of fused-ring (bicyclic) bond motifs is 6. The van der Waals surface area contributed by atoms with Crippen LogP contribution in [0.5, 0.6) is 0 Å². The number of hydrogen-bond acceptors (Lipinski definition) is 2. The molecule has 0 heterocycles. The van der Waals surface area contributed by atoms with Crippen molar-refractivity contribution in [3.63, 3.8) is 0 Å². The predicted molar refractivity (Wildman–Crippen MR) is 251 cm³/mol. The number of hydrogen-bond donors (Lipinski definition) is 0. The van der Waals surface area contributed by atoms with Gasteiger partial charge in [0.1, 0.15) is 0 Å². The molecular weight excluding hydrogens is 713 g/mol. The summed E-state index contributed by atoms with van der Waals surface area (Å²) in [6.07, 6.45) is 0. The van der Waals surface area contributed by atoms with Gasteiger partial charge in [0.25, 0.3) is 0 Å². The van der Waals surface area contributed by atoms with Crippen molar-refractivity contribution in [2.45, 2.75) is 19.3 Å². The molecule has 2 heteroatoms. The smallest absolute Gasteiger partial charge is 0.0540 e. The molecule has 1 aliphatic carbocycles. The van der Waals surface area contributed by atoms with Crippen LogP contribution in [0.3, 0.4) is 0 Å². The number of para-hydroxylation sites is 1. The third-order valence-corrected chi connectivity index (χ3v) is 12.4. The van der Waals surface area contributed by atoms with Crippen molar-refractivity contribution in [1.82, 2.24) is 0 Å². The highest BCUT2D eigenvalue weighted by atomic mass is 15.1. The molecule has 0 unspecified atom stereocenters. The van der Waals surface area contributed by atoms with E-state index < -0.39 is 0 Å². The monoisotopic (exact) mass is 754 g/mol. The maximum Gasteiger partial charge on any atom is 0.0540 e. The van der Waals surface area contributed by atoms with E-state index in [-0.39, 0.29) is 5.41 Å². The fourth-order valence-electron chi connectivity index (χ4n) is 9.50. The third kappa shape index (κ3) is 5.79. The van der Waals surface area contributed by atoms with Crippen LogP contribution in [-0.4, -0.2) is 0 Å². The Hall–Kier alpha value is -7.42. The summed E-state index contributed by atoms with van der Waals surface area (Å²) >= 11 is 0.